The second-order valence-corrected chi connectivity index (χ2v) is 2.29. The second-order valence-electron chi connectivity index (χ2n) is 2.29. The molecule has 0 unspecified atom stereocenters. The van der Waals surface area contributed by atoms with E-state index in [1.165, 1.54) is 6.21 Å². The summed E-state index contributed by atoms with van der Waals surface area (Å²) in [5.41, 5.74) is 1.33. The van der Waals surface area contributed by atoms with Gasteiger partial charge >= 0.3 is 0 Å². The topological polar surface area (TPSA) is 71.6 Å². The molecule has 0 spiro atoms. The van der Waals surface area contributed by atoms with Gasteiger partial charge in [-0.3, -0.25) is 0 Å². The van der Waals surface area contributed by atoms with Crippen LogP contribution in [0.5, 0.6) is 0 Å². The maximum Gasteiger partial charge on any atom is 0.00272 e. The van der Waals surface area contributed by atoms with E-state index >= 15 is 0 Å². The molecule has 0 saturated carbocycles. The van der Waals surface area contributed by atoms with Crippen LogP contribution in [-0.2, 0) is 0 Å². The lowest BCUT2D eigenvalue weighted by Gasteiger charge is -1.63. The summed E-state index contributed by atoms with van der Waals surface area (Å²) in [6.07, 6.45) is 1.25. The summed E-state index contributed by atoms with van der Waals surface area (Å²) in [4.78, 5) is 0. The number of rotatable bonds is 0. The van der Waals surface area contributed by atoms with Crippen LogP contribution in [0.1, 0.15) is 42.0 Å². The summed E-state index contributed by atoms with van der Waals surface area (Å²) in [5.74, 6) is 0. The van der Waals surface area contributed by atoms with E-state index in [1.54, 1.807) is 34.6 Å². The van der Waals surface area contributed by atoms with Gasteiger partial charge in [-0.25, -0.2) is 0 Å². The Labute approximate surface area is 76.7 Å². The van der Waals surface area contributed by atoms with Crippen LogP contribution in [0.4, 0.5) is 0 Å². The molecule has 0 heterocycles. The maximum absolute atomic E-state index is 6.50. The van der Waals surface area contributed by atoms with Gasteiger partial charge in [0.15, 0.2) is 0 Å². The minimum Gasteiger partial charge on any atom is -0.313 e. The zero-order chi connectivity index (χ0) is 9.86. The van der Waals surface area contributed by atoms with Gasteiger partial charge in [-0.2, -0.15) is 0 Å². The molecule has 0 aromatic rings. The Balaban J connectivity index is -0.0000000389. The molecule has 3 heteroatoms. The smallest absolute Gasteiger partial charge is 0.00272 e. The Morgan fingerprint density at radius 1 is 0.917 bits per heavy atom. The average Bonchev–Trinajstić information content (AvgIpc) is 1.60. The van der Waals surface area contributed by atoms with Crippen molar-refractivity contribution in [3.8, 4) is 0 Å². The van der Waals surface area contributed by atoms with Gasteiger partial charge < -0.3 is 16.2 Å². The molecule has 0 aromatic heterocycles. The third-order valence-corrected chi connectivity index (χ3v) is 0. The first-order valence-electron chi connectivity index (χ1n) is 3.37. The third kappa shape index (κ3) is 590. The SMILES string of the molecule is C.CC(C)=N.CC(C)=N.CC=N. The van der Waals surface area contributed by atoms with E-state index in [0.717, 1.165) is 0 Å². The summed E-state index contributed by atoms with van der Waals surface area (Å²) in [5, 5.41) is 19.1. The van der Waals surface area contributed by atoms with Crippen LogP contribution in [0.25, 0.3) is 0 Å². The summed E-state index contributed by atoms with van der Waals surface area (Å²) >= 11 is 0. The van der Waals surface area contributed by atoms with Gasteiger partial charge in [-0.05, 0) is 40.8 Å². The second kappa shape index (κ2) is 22.5. The summed E-state index contributed by atoms with van der Waals surface area (Å²) in [6.45, 7) is 8.67. The van der Waals surface area contributed by atoms with Crippen molar-refractivity contribution in [3.63, 3.8) is 0 Å². The van der Waals surface area contributed by atoms with Gasteiger partial charge in [-0.1, -0.05) is 7.43 Å². The van der Waals surface area contributed by atoms with Crippen LogP contribution in [0, 0.1) is 16.2 Å². The molecule has 0 fully saturated rings. The molecule has 0 rings (SSSR count). The van der Waals surface area contributed by atoms with Crippen LogP contribution < -0.4 is 0 Å². The van der Waals surface area contributed by atoms with E-state index in [4.69, 9.17) is 16.2 Å². The normalized spacial score (nSPS) is 5.42. The van der Waals surface area contributed by atoms with Crippen LogP contribution in [0.15, 0.2) is 0 Å². The van der Waals surface area contributed by atoms with Crippen molar-refractivity contribution in [1.82, 2.24) is 0 Å². The van der Waals surface area contributed by atoms with Crippen molar-refractivity contribution >= 4 is 17.6 Å². The Hall–Kier alpha value is -0.990. The highest BCUT2D eigenvalue weighted by molar-refractivity contribution is 5.75. The van der Waals surface area contributed by atoms with Crippen molar-refractivity contribution in [2.45, 2.75) is 42.0 Å². The molecule has 0 aliphatic rings. The zero-order valence-electron chi connectivity index (χ0n) is 8.08. The molecule has 12 heavy (non-hydrogen) atoms. The Morgan fingerprint density at radius 2 is 0.917 bits per heavy atom. The van der Waals surface area contributed by atoms with Crippen molar-refractivity contribution in [2.75, 3.05) is 0 Å². The summed E-state index contributed by atoms with van der Waals surface area (Å²) < 4.78 is 0. The first-order valence-corrected chi connectivity index (χ1v) is 3.37. The molecular weight excluding hydrogens is 150 g/mol. The van der Waals surface area contributed by atoms with Gasteiger partial charge in [0, 0.05) is 11.4 Å². The first kappa shape index (κ1) is 22.5. The molecule has 3 nitrogen and oxygen atoms in total. The lowest BCUT2D eigenvalue weighted by atomic mass is 10.5. The van der Waals surface area contributed by atoms with E-state index in [-0.39, 0.29) is 7.43 Å². The van der Waals surface area contributed by atoms with Gasteiger partial charge in [0.25, 0.3) is 0 Å². The minimum absolute atomic E-state index is 0. The molecule has 0 atom stereocenters. The fourth-order valence-corrected chi connectivity index (χ4v) is 0. The minimum atomic E-state index is 0. The third-order valence-electron chi connectivity index (χ3n) is 0. The molecule has 0 bridgehead atoms. The molecular formula is C9H23N3. The van der Waals surface area contributed by atoms with E-state index in [1.807, 2.05) is 0 Å². The molecule has 74 valence electrons. The first-order chi connectivity index (χ1) is 4.88. The van der Waals surface area contributed by atoms with Crippen molar-refractivity contribution in [3.05, 3.63) is 0 Å². The van der Waals surface area contributed by atoms with E-state index in [0.29, 0.717) is 11.4 Å². The van der Waals surface area contributed by atoms with E-state index in [2.05, 4.69) is 0 Å². The zero-order valence-corrected chi connectivity index (χ0v) is 8.08. The van der Waals surface area contributed by atoms with Crippen molar-refractivity contribution in [1.29, 1.82) is 16.2 Å². The number of hydrogen-bond donors (Lipinski definition) is 3. The highest BCUT2D eigenvalue weighted by atomic mass is 14.3. The van der Waals surface area contributed by atoms with E-state index in [9.17, 15) is 0 Å². The van der Waals surface area contributed by atoms with Crippen LogP contribution in [0.2, 0.25) is 0 Å². The highest BCUT2D eigenvalue weighted by Gasteiger charge is 1.55. The lowest BCUT2D eigenvalue weighted by Crippen LogP contribution is -1.67. The Bertz CT molecular complexity index is 96.9. The van der Waals surface area contributed by atoms with Crippen LogP contribution in [0.3, 0.4) is 0 Å². The van der Waals surface area contributed by atoms with Gasteiger partial charge in [0.1, 0.15) is 0 Å². The molecule has 0 amide bonds. The highest BCUT2D eigenvalue weighted by Crippen LogP contribution is 1.53. The molecule has 0 aliphatic heterocycles. The Kier molecular flexibility index (Phi) is 42.1. The van der Waals surface area contributed by atoms with Gasteiger partial charge in [0.2, 0.25) is 0 Å². The van der Waals surface area contributed by atoms with Crippen LogP contribution in [-0.4, -0.2) is 17.6 Å². The predicted molar refractivity (Wildman–Crippen MR) is 59.3 cm³/mol. The molecule has 0 aliphatic carbocycles. The maximum atomic E-state index is 6.50. The monoisotopic (exact) mass is 173 g/mol. The molecule has 0 radical (unpaired) electrons. The summed E-state index contributed by atoms with van der Waals surface area (Å²) in [6, 6.07) is 0. The van der Waals surface area contributed by atoms with Crippen molar-refractivity contribution < 1.29 is 0 Å². The molecule has 3 N–H and O–H groups in total. The lowest BCUT2D eigenvalue weighted by molar-refractivity contribution is 1.45. The molecule has 0 saturated heterocycles. The summed E-state index contributed by atoms with van der Waals surface area (Å²) in [7, 11) is 0. The predicted octanol–water partition coefficient (Wildman–Crippen LogP) is 3.38. The average molecular weight is 173 g/mol. The van der Waals surface area contributed by atoms with Gasteiger partial charge in [0.05, 0.1) is 0 Å². The number of nitrogens with one attached hydrogen (secondary N) is 3. The van der Waals surface area contributed by atoms with Crippen LogP contribution >= 0.6 is 0 Å². The van der Waals surface area contributed by atoms with Gasteiger partial charge in [-0.15, -0.1) is 0 Å². The fraction of sp³-hybridized carbons (Fsp3) is 0.667. The Morgan fingerprint density at radius 3 is 0.917 bits per heavy atom. The number of hydrogen-bond acceptors (Lipinski definition) is 3. The molecule has 0 aromatic carbocycles. The largest absolute Gasteiger partial charge is 0.313 e. The fourth-order valence-electron chi connectivity index (χ4n) is 0. The van der Waals surface area contributed by atoms with E-state index < -0.39 is 0 Å². The van der Waals surface area contributed by atoms with Crippen molar-refractivity contribution in [2.24, 2.45) is 0 Å². The standard InChI is InChI=1S/2C3H7N.C2H5N.CH4/c2*1-3(2)4;1-2-3;/h2*4H,1-2H3;2-3H,1H3;1H4. The quantitative estimate of drug-likeness (QED) is 0.470.